The molecule has 1 unspecified atom stereocenters. The molecule has 178 valence electrons. The Balaban J connectivity index is 1.35. The Bertz CT molecular complexity index is 1250. The van der Waals surface area contributed by atoms with Gasteiger partial charge in [-0.25, -0.2) is 4.39 Å². The van der Waals surface area contributed by atoms with Gasteiger partial charge in [-0.2, -0.15) is 5.26 Å². The summed E-state index contributed by atoms with van der Waals surface area (Å²) < 4.78 is 20.5. The molecule has 1 aromatic carbocycles. The molecule has 0 saturated carbocycles. The first-order valence-electron chi connectivity index (χ1n) is 10.8. The molecule has 7 nitrogen and oxygen atoms in total. The van der Waals surface area contributed by atoms with E-state index in [0.717, 1.165) is 31.2 Å². The Morgan fingerprint density at radius 1 is 1.47 bits per heavy atom. The van der Waals surface area contributed by atoms with Crippen molar-refractivity contribution in [2.75, 3.05) is 11.1 Å². The lowest BCUT2D eigenvalue weighted by Crippen LogP contribution is -2.15. The van der Waals surface area contributed by atoms with Gasteiger partial charge in [-0.1, -0.05) is 36.7 Å². The molecule has 0 spiro atoms. The van der Waals surface area contributed by atoms with E-state index in [0.29, 0.717) is 33.2 Å². The second-order valence-electron chi connectivity index (χ2n) is 7.99. The highest BCUT2D eigenvalue weighted by Crippen LogP contribution is 2.40. The number of thiophene rings is 1. The maximum atomic E-state index is 13.2. The molecule has 1 amide bonds. The molecule has 0 radical (unpaired) electrons. The van der Waals surface area contributed by atoms with E-state index in [4.69, 9.17) is 16.3 Å². The highest BCUT2D eigenvalue weighted by atomic mass is 35.5. The Morgan fingerprint density at radius 3 is 3.03 bits per heavy atom. The van der Waals surface area contributed by atoms with Gasteiger partial charge in [0.2, 0.25) is 5.91 Å². The maximum Gasteiger partial charge on any atom is 0.235 e. The van der Waals surface area contributed by atoms with Gasteiger partial charge >= 0.3 is 0 Å². The molecule has 1 aliphatic carbocycles. The van der Waals surface area contributed by atoms with Crippen LogP contribution in [0.3, 0.4) is 0 Å². The molecule has 34 heavy (non-hydrogen) atoms. The fourth-order valence-corrected chi connectivity index (χ4v) is 6.11. The molecule has 1 N–H and O–H groups in total. The molecule has 0 saturated heterocycles. The minimum absolute atomic E-state index is 0.0899. The zero-order valence-electron chi connectivity index (χ0n) is 18.7. The number of hydrogen-bond acceptors (Lipinski definition) is 7. The highest BCUT2D eigenvalue weighted by molar-refractivity contribution is 7.99. The van der Waals surface area contributed by atoms with E-state index in [1.54, 1.807) is 11.6 Å². The third kappa shape index (κ3) is 5.37. The minimum Gasteiger partial charge on any atom is -0.484 e. The number of carbonyl (C=O) groups is 1. The van der Waals surface area contributed by atoms with Crippen molar-refractivity contribution in [1.82, 2.24) is 14.8 Å². The average molecular weight is 520 g/mol. The lowest BCUT2D eigenvalue weighted by atomic mass is 9.86. The van der Waals surface area contributed by atoms with Gasteiger partial charge in [0.15, 0.2) is 11.0 Å². The number of fused-ring (bicyclic) bond motifs is 1. The van der Waals surface area contributed by atoms with Gasteiger partial charge in [-0.15, -0.1) is 21.5 Å². The summed E-state index contributed by atoms with van der Waals surface area (Å²) in [5.74, 6) is 1.00. The van der Waals surface area contributed by atoms with E-state index in [1.165, 1.54) is 46.2 Å². The van der Waals surface area contributed by atoms with Crippen LogP contribution in [0.25, 0.3) is 0 Å². The number of benzene rings is 1. The van der Waals surface area contributed by atoms with Crippen LogP contribution in [0.1, 0.15) is 41.6 Å². The van der Waals surface area contributed by atoms with Gasteiger partial charge in [0.25, 0.3) is 0 Å². The number of nitriles is 1. The number of rotatable bonds is 8. The molecule has 2 heterocycles. The van der Waals surface area contributed by atoms with Crippen LogP contribution in [0.4, 0.5) is 9.39 Å². The summed E-state index contributed by atoms with van der Waals surface area (Å²) in [7, 11) is 1.77. The largest absolute Gasteiger partial charge is 0.484 e. The molecule has 11 heteroatoms. The first kappa shape index (κ1) is 24.5. The number of nitrogens with one attached hydrogen (secondary N) is 1. The number of ether oxygens (including phenoxy) is 1. The van der Waals surface area contributed by atoms with Crippen molar-refractivity contribution in [3.05, 3.63) is 50.9 Å². The first-order chi connectivity index (χ1) is 16.4. The molecule has 1 aliphatic rings. The van der Waals surface area contributed by atoms with Crippen LogP contribution in [-0.2, 0) is 31.3 Å². The summed E-state index contributed by atoms with van der Waals surface area (Å²) in [5, 5.41) is 22.1. The van der Waals surface area contributed by atoms with E-state index in [1.807, 2.05) is 0 Å². The van der Waals surface area contributed by atoms with Crippen molar-refractivity contribution >= 4 is 45.6 Å². The summed E-state index contributed by atoms with van der Waals surface area (Å²) >= 11 is 8.75. The molecule has 4 rings (SSSR count). The Kier molecular flexibility index (Phi) is 7.76. The number of thioether (sulfide) groups is 1. The maximum absolute atomic E-state index is 13.2. The smallest absolute Gasteiger partial charge is 0.235 e. The lowest BCUT2D eigenvalue weighted by molar-refractivity contribution is -0.113. The normalized spacial score (nSPS) is 15.0. The molecule has 0 bridgehead atoms. The van der Waals surface area contributed by atoms with Gasteiger partial charge in [0, 0.05) is 11.9 Å². The van der Waals surface area contributed by atoms with Gasteiger partial charge in [-0.05, 0) is 48.9 Å². The van der Waals surface area contributed by atoms with Crippen molar-refractivity contribution < 1.29 is 13.9 Å². The van der Waals surface area contributed by atoms with E-state index >= 15 is 0 Å². The molecule has 3 aromatic rings. The third-order valence-corrected chi connectivity index (χ3v) is 8.30. The van der Waals surface area contributed by atoms with Crippen LogP contribution in [0.5, 0.6) is 5.75 Å². The van der Waals surface area contributed by atoms with Gasteiger partial charge in [0.1, 0.15) is 29.2 Å². The molecule has 0 aliphatic heterocycles. The van der Waals surface area contributed by atoms with E-state index in [2.05, 4.69) is 28.5 Å². The zero-order valence-corrected chi connectivity index (χ0v) is 21.1. The number of halogens is 2. The number of nitrogens with zero attached hydrogens (tertiary/aromatic N) is 4. The molecule has 1 atom stereocenters. The van der Waals surface area contributed by atoms with Crippen LogP contribution < -0.4 is 10.1 Å². The first-order valence-corrected chi connectivity index (χ1v) is 13.0. The van der Waals surface area contributed by atoms with Gasteiger partial charge in [-0.3, -0.25) is 4.79 Å². The highest BCUT2D eigenvalue weighted by Gasteiger charge is 2.26. The SMILES string of the molecule is CCC1CCc2c(sc(NC(=O)CSc3nnc(COc4ccc(F)cc4Cl)n3C)c2C#N)C1. The van der Waals surface area contributed by atoms with Crippen LogP contribution in [0, 0.1) is 23.1 Å². The number of aromatic nitrogens is 3. The minimum atomic E-state index is -0.442. The average Bonchev–Trinajstić information content (AvgIpc) is 3.35. The van der Waals surface area contributed by atoms with Crippen molar-refractivity contribution in [1.29, 1.82) is 5.26 Å². The number of amides is 1. The van der Waals surface area contributed by atoms with Gasteiger partial charge in [0.05, 0.1) is 16.3 Å². The fraction of sp³-hybridized carbons (Fsp3) is 0.391. The Labute approximate surface area is 210 Å². The second kappa shape index (κ2) is 10.8. The number of carbonyl (C=O) groups excluding carboxylic acids is 1. The molecule has 0 fully saturated rings. The van der Waals surface area contributed by atoms with Crippen LogP contribution in [0.15, 0.2) is 23.4 Å². The predicted molar refractivity (Wildman–Crippen MR) is 131 cm³/mol. The number of hydrogen-bond donors (Lipinski definition) is 1. The fourth-order valence-electron chi connectivity index (χ4n) is 3.83. The van der Waals surface area contributed by atoms with Crippen molar-refractivity contribution in [3.63, 3.8) is 0 Å². The molecular formula is C23H23ClFN5O2S2. The van der Waals surface area contributed by atoms with Gasteiger partial charge < -0.3 is 14.6 Å². The third-order valence-electron chi connectivity index (χ3n) is 5.82. The van der Waals surface area contributed by atoms with Crippen LogP contribution in [0.2, 0.25) is 5.02 Å². The lowest BCUT2D eigenvalue weighted by Gasteiger charge is -2.20. The van der Waals surface area contributed by atoms with E-state index in [9.17, 15) is 14.4 Å². The summed E-state index contributed by atoms with van der Waals surface area (Å²) in [6.45, 7) is 2.28. The second-order valence-corrected chi connectivity index (χ2v) is 10.4. The summed E-state index contributed by atoms with van der Waals surface area (Å²) in [4.78, 5) is 13.8. The standard InChI is InChI=1S/C23H23ClFN5O2S2/c1-3-13-4-6-15-16(10-26)22(34-19(15)8-13)27-21(31)12-33-23-29-28-20(30(23)2)11-32-18-7-5-14(25)9-17(18)24/h5,7,9,13H,3-4,6,8,11-12H2,1-2H3,(H,27,31). The quantitative estimate of drug-likeness (QED) is 0.402. The van der Waals surface area contributed by atoms with Crippen molar-refractivity contribution in [2.24, 2.45) is 13.0 Å². The Morgan fingerprint density at radius 2 is 2.29 bits per heavy atom. The van der Waals surface area contributed by atoms with Crippen LogP contribution >= 0.6 is 34.7 Å². The summed E-state index contributed by atoms with van der Waals surface area (Å²) in [6, 6.07) is 6.18. The van der Waals surface area contributed by atoms with Crippen molar-refractivity contribution in [3.8, 4) is 11.8 Å². The monoisotopic (exact) mass is 519 g/mol. The molecular weight excluding hydrogens is 497 g/mol. The predicted octanol–water partition coefficient (Wildman–Crippen LogP) is 5.37. The molecule has 2 aromatic heterocycles. The number of anilines is 1. The zero-order chi connectivity index (χ0) is 24.2. The Hall–Kier alpha value is -2.61. The summed E-state index contributed by atoms with van der Waals surface area (Å²) in [5.41, 5.74) is 1.70. The van der Waals surface area contributed by atoms with E-state index in [-0.39, 0.29) is 23.3 Å². The van der Waals surface area contributed by atoms with Crippen LogP contribution in [-0.4, -0.2) is 26.4 Å². The van der Waals surface area contributed by atoms with E-state index < -0.39 is 5.82 Å². The topological polar surface area (TPSA) is 92.8 Å². The summed E-state index contributed by atoms with van der Waals surface area (Å²) in [6.07, 6.45) is 4.08. The van der Waals surface area contributed by atoms with Crippen molar-refractivity contribution in [2.45, 2.75) is 44.4 Å².